The van der Waals surface area contributed by atoms with Gasteiger partial charge in [0.15, 0.2) is 0 Å². The second kappa shape index (κ2) is 3.77. The predicted octanol–water partition coefficient (Wildman–Crippen LogP) is 1.83. The van der Waals surface area contributed by atoms with Crippen LogP contribution in [0.5, 0.6) is 0 Å². The van der Waals surface area contributed by atoms with Gasteiger partial charge in [-0.15, -0.1) is 11.3 Å². The normalized spacial score (nSPS) is 10.4. The van der Waals surface area contributed by atoms with E-state index in [1.807, 2.05) is 17.5 Å². The third-order valence-corrected chi connectivity index (χ3v) is 2.79. The quantitative estimate of drug-likeness (QED) is 0.817. The highest BCUT2D eigenvalue weighted by molar-refractivity contribution is 7.13. The van der Waals surface area contributed by atoms with Crippen molar-refractivity contribution in [3.05, 3.63) is 45.8 Å². The Bertz CT molecular complexity index is 473. The predicted molar refractivity (Wildman–Crippen MR) is 56.2 cm³/mol. The molecule has 0 radical (unpaired) electrons. The van der Waals surface area contributed by atoms with Crippen molar-refractivity contribution in [2.24, 2.45) is 5.73 Å². The van der Waals surface area contributed by atoms with E-state index in [0.29, 0.717) is 5.76 Å². The molecule has 0 atom stereocenters. The van der Waals surface area contributed by atoms with Crippen molar-refractivity contribution in [2.75, 3.05) is 0 Å². The number of nitrogens with two attached hydrogens (primary N) is 1. The molecule has 2 N–H and O–H groups in total. The van der Waals surface area contributed by atoms with E-state index >= 15 is 0 Å². The Hall–Kier alpha value is -1.39. The van der Waals surface area contributed by atoms with Gasteiger partial charge in [-0.05, 0) is 17.5 Å². The van der Waals surface area contributed by atoms with Crippen LogP contribution in [0.15, 0.2) is 38.9 Å². The summed E-state index contributed by atoms with van der Waals surface area (Å²) >= 11 is 1.59. The van der Waals surface area contributed by atoms with Crippen LogP contribution < -0.4 is 11.4 Å². The first-order chi connectivity index (χ1) is 6.81. The number of hydrogen-bond donors (Lipinski definition) is 1. The van der Waals surface area contributed by atoms with Gasteiger partial charge in [0.1, 0.15) is 5.76 Å². The summed E-state index contributed by atoms with van der Waals surface area (Å²) in [5.74, 6) is 0.542. The second-order valence-electron chi connectivity index (χ2n) is 2.77. The van der Waals surface area contributed by atoms with Gasteiger partial charge in [-0.2, -0.15) is 0 Å². The van der Waals surface area contributed by atoms with Crippen LogP contribution in [0.3, 0.4) is 0 Å². The number of hydrogen-bond acceptors (Lipinski definition) is 4. The largest absolute Gasteiger partial charge is 0.426 e. The summed E-state index contributed by atoms with van der Waals surface area (Å²) in [4.78, 5) is 12.0. The molecule has 2 aromatic heterocycles. The summed E-state index contributed by atoms with van der Waals surface area (Å²) in [5, 5.41) is 1.97. The Morgan fingerprint density at radius 1 is 1.36 bits per heavy atom. The van der Waals surface area contributed by atoms with Crippen LogP contribution >= 0.6 is 11.3 Å². The Morgan fingerprint density at radius 2 is 2.21 bits per heavy atom. The maximum atomic E-state index is 11.0. The minimum Gasteiger partial charge on any atom is -0.426 e. The molecule has 0 saturated carbocycles. The molecule has 2 rings (SSSR count). The zero-order chi connectivity index (χ0) is 9.97. The first kappa shape index (κ1) is 9.18. The van der Waals surface area contributed by atoms with Gasteiger partial charge < -0.3 is 10.2 Å². The van der Waals surface area contributed by atoms with Gasteiger partial charge in [-0.3, -0.25) is 0 Å². The SMILES string of the molecule is NCc1oc(=O)ccc1-c1cccs1. The van der Waals surface area contributed by atoms with Crippen molar-refractivity contribution in [3.8, 4) is 10.4 Å². The Labute approximate surface area is 84.8 Å². The first-order valence-corrected chi connectivity index (χ1v) is 5.06. The average molecular weight is 207 g/mol. The topological polar surface area (TPSA) is 56.2 Å². The fraction of sp³-hybridized carbons (Fsp3) is 0.100. The van der Waals surface area contributed by atoms with Gasteiger partial charge in [0, 0.05) is 16.5 Å². The lowest BCUT2D eigenvalue weighted by Gasteiger charge is -2.02. The van der Waals surface area contributed by atoms with Crippen molar-refractivity contribution >= 4 is 11.3 Å². The lowest BCUT2D eigenvalue weighted by molar-refractivity contribution is 0.464. The molecule has 0 spiro atoms. The molecule has 2 heterocycles. The molecule has 0 aromatic carbocycles. The molecule has 0 amide bonds. The Balaban J connectivity index is 2.58. The highest BCUT2D eigenvalue weighted by Gasteiger charge is 2.07. The fourth-order valence-electron chi connectivity index (χ4n) is 1.26. The zero-order valence-electron chi connectivity index (χ0n) is 7.40. The van der Waals surface area contributed by atoms with E-state index in [2.05, 4.69) is 0 Å². The summed E-state index contributed by atoms with van der Waals surface area (Å²) in [6.07, 6.45) is 0. The molecule has 72 valence electrons. The van der Waals surface area contributed by atoms with Gasteiger partial charge in [-0.25, -0.2) is 4.79 Å². The molecule has 0 unspecified atom stereocenters. The molecule has 0 fully saturated rings. The van der Waals surface area contributed by atoms with E-state index < -0.39 is 0 Å². The zero-order valence-corrected chi connectivity index (χ0v) is 8.21. The third kappa shape index (κ3) is 1.62. The standard InChI is InChI=1S/C10H9NO2S/c11-6-8-7(3-4-10(12)13-8)9-2-1-5-14-9/h1-5H,6,11H2. The van der Waals surface area contributed by atoms with Gasteiger partial charge in [0.2, 0.25) is 0 Å². The summed E-state index contributed by atoms with van der Waals surface area (Å²) in [6, 6.07) is 7.08. The van der Waals surface area contributed by atoms with Crippen molar-refractivity contribution in [1.82, 2.24) is 0 Å². The summed E-state index contributed by atoms with van der Waals surface area (Å²) in [7, 11) is 0. The summed E-state index contributed by atoms with van der Waals surface area (Å²) in [5.41, 5.74) is 6.05. The van der Waals surface area contributed by atoms with Gasteiger partial charge in [0.05, 0.1) is 6.54 Å². The lowest BCUT2D eigenvalue weighted by Crippen LogP contribution is -2.05. The summed E-state index contributed by atoms with van der Waals surface area (Å²) in [6.45, 7) is 0.239. The average Bonchev–Trinajstić information content (AvgIpc) is 2.70. The molecule has 14 heavy (non-hydrogen) atoms. The van der Waals surface area contributed by atoms with Crippen LogP contribution in [0.4, 0.5) is 0 Å². The molecule has 3 nitrogen and oxygen atoms in total. The van der Waals surface area contributed by atoms with Crippen LogP contribution in [-0.4, -0.2) is 0 Å². The van der Waals surface area contributed by atoms with Crippen molar-refractivity contribution in [3.63, 3.8) is 0 Å². The van der Waals surface area contributed by atoms with Crippen molar-refractivity contribution < 1.29 is 4.42 Å². The molecule has 0 aliphatic carbocycles. The Kier molecular flexibility index (Phi) is 2.47. The van der Waals surface area contributed by atoms with Crippen LogP contribution in [0, 0.1) is 0 Å². The molecular weight excluding hydrogens is 198 g/mol. The Morgan fingerprint density at radius 3 is 2.86 bits per heavy atom. The minimum atomic E-state index is -0.356. The molecule has 0 aliphatic heterocycles. The highest BCUT2D eigenvalue weighted by Crippen LogP contribution is 2.26. The molecule has 0 aliphatic rings. The number of thiophene rings is 1. The van der Waals surface area contributed by atoms with Crippen LogP contribution in [0.1, 0.15) is 5.76 Å². The maximum Gasteiger partial charge on any atom is 0.335 e. The van der Waals surface area contributed by atoms with Crippen LogP contribution in [0.25, 0.3) is 10.4 Å². The van der Waals surface area contributed by atoms with E-state index in [0.717, 1.165) is 10.4 Å². The molecule has 2 aromatic rings. The summed E-state index contributed by atoms with van der Waals surface area (Å²) < 4.78 is 5.01. The van der Waals surface area contributed by atoms with E-state index in [9.17, 15) is 4.79 Å². The van der Waals surface area contributed by atoms with Gasteiger partial charge in [-0.1, -0.05) is 6.07 Å². The monoisotopic (exact) mass is 207 g/mol. The van der Waals surface area contributed by atoms with E-state index in [4.69, 9.17) is 10.2 Å². The maximum absolute atomic E-state index is 11.0. The molecule has 0 saturated heterocycles. The fourth-order valence-corrected chi connectivity index (χ4v) is 2.03. The van der Waals surface area contributed by atoms with Gasteiger partial charge in [0.25, 0.3) is 0 Å². The van der Waals surface area contributed by atoms with Gasteiger partial charge >= 0.3 is 5.63 Å². The van der Waals surface area contributed by atoms with E-state index in [-0.39, 0.29) is 12.2 Å². The lowest BCUT2D eigenvalue weighted by atomic mass is 10.2. The van der Waals surface area contributed by atoms with Crippen molar-refractivity contribution in [2.45, 2.75) is 6.54 Å². The van der Waals surface area contributed by atoms with Crippen LogP contribution in [0.2, 0.25) is 0 Å². The van der Waals surface area contributed by atoms with E-state index in [1.165, 1.54) is 6.07 Å². The molecule has 0 bridgehead atoms. The highest BCUT2D eigenvalue weighted by atomic mass is 32.1. The van der Waals surface area contributed by atoms with E-state index in [1.54, 1.807) is 17.4 Å². The molecule has 4 heteroatoms. The first-order valence-electron chi connectivity index (χ1n) is 4.18. The smallest absolute Gasteiger partial charge is 0.335 e. The van der Waals surface area contributed by atoms with Crippen LogP contribution in [-0.2, 0) is 6.54 Å². The number of rotatable bonds is 2. The molecular formula is C10H9NO2S. The van der Waals surface area contributed by atoms with Crippen molar-refractivity contribution in [1.29, 1.82) is 0 Å². The third-order valence-electron chi connectivity index (χ3n) is 1.88. The second-order valence-corrected chi connectivity index (χ2v) is 3.72. The minimum absolute atomic E-state index is 0.239.